The second-order valence-corrected chi connectivity index (χ2v) is 6.87. The molecule has 1 aromatic carbocycles. The number of benzene rings is 1. The summed E-state index contributed by atoms with van der Waals surface area (Å²) in [7, 11) is 1.64. The molecule has 0 spiro atoms. The molecule has 1 unspecified atom stereocenters. The molecule has 2 aromatic heterocycles. The second-order valence-electron chi connectivity index (χ2n) is 6.44. The maximum atomic E-state index is 6.23. The van der Waals surface area contributed by atoms with Gasteiger partial charge < -0.3 is 14.8 Å². The molecule has 1 saturated heterocycles. The Bertz CT molecular complexity index is 888. The highest BCUT2D eigenvalue weighted by molar-refractivity contribution is 6.31. The van der Waals surface area contributed by atoms with E-state index in [9.17, 15) is 0 Å². The Morgan fingerprint density at radius 2 is 2.33 bits per heavy atom. The van der Waals surface area contributed by atoms with Gasteiger partial charge in [0.15, 0.2) is 0 Å². The van der Waals surface area contributed by atoms with Gasteiger partial charge in [0.2, 0.25) is 0 Å². The van der Waals surface area contributed by atoms with Crippen LogP contribution in [0.3, 0.4) is 0 Å². The number of nitrogens with one attached hydrogen (secondary N) is 1. The van der Waals surface area contributed by atoms with Gasteiger partial charge in [-0.2, -0.15) is 10.2 Å². The third-order valence-corrected chi connectivity index (χ3v) is 4.85. The van der Waals surface area contributed by atoms with Crippen LogP contribution in [0.1, 0.15) is 6.42 Å². The molecule has 27 heavy (non-hydrogen) atoms. The van der Waals surface area contributed by atoms with Crippen molar-refractivity contribution < 1.29 is 9.47 Å². The van der Waals surface area contributed by atoms with E-state index in [1.807, 2.05) is 41.3 Å². The fourth-order valence-corrected chi connectivity index (χ4v) is 3.41. The molecule has 3 aromatic rings. The summed E-state index contributed by atoms with van der Waals surface area (Å²) < 4.78 is 14.7. The van der Waals surface area contributed by atoms with Crippen molar-refractivity contribution in [2.24, 2.45) is 0 Å². The summed E-state index contributed by atoms with van der Waals surface area (Å²) in [6.45, 7) is 3.18. The number of rotatable bonds is 7. The molecule has 7 nitrogen and oxygen atoms in total. The van der Waals surface area contributed by atoms with Gasteiger partial charge in [-0.15, -0.1) is 0 Å². The zero-order chi connectivity index (χ0) is 18.6. The molecule has 1 fully saturated rings. The highest BCUT2D eigenvalue weighted by atomic mass is 35.5. The first-order valence-corrected chi connectivity index (χ1v) is 9.35. The normalized spacial score (nSPS) is 16.7. The van der Waals surface area contributed by atoms with E-state index in [0.717, 1.165) is 55.4 Å². The minimum atomic E-state index is 0.429. The first kappa shape index (κ1) is 18.0. The number of halogens is 1. The molecule has 0 radical (unpaired) electrons. The Kier molecular flexibility index (Phi) is 5.42. The van der Waals surface area contributed by atoms with Crippen LogP contribution in [0.5, 0.6) is 5.75 Å². The highest BCUT2D eigenvalue weighted by Crippen LogP contribution is 2.34. The first-order chi connectivity index (χ1) is 13.2. The van der Waals surface area contributed by atoms with E-state index in [4.69, 9.17) is 26.2 Å². The van der Waals surface area contributed by atoms with Gasteiger partial charge in [0.1, 0.15) is 17.1 Å². The molecular formula is C19H22ClN5O2. The number of hydrogen-bond acceptors (Lipinski definition) is 5. The molecule has 1 aliphatic rings. The number of aromatic nitrogens is 4. The second kappa shape index (κ2) is 8.12. The maximum absolute atomic E-state index is 6.23. The number of nitrogens with zero attached hydrogens (tertiary/aromatic N) is 4. The fraction of sp³-hybridized carbons (Fsp3) is 0.368. The van der Waals surface area contributed by atoms with Crippen LogP contribution in [0.4, 0.5) is 0 Å². The van der Waals surface area contributed by atoms with Crippen LogP contribution >= 0.6 is 11.6 Å². The average molecular weight is 388 g/mol. The van der Waals surface area contributed by atoms with Gasteiger partial charge in [0.25, 0.3) is 0 Å². The van der Waals surface area contributed by atoms with Gasteiger partial charge in [-0.05, 0) is 30.7 Å². The van der Waals surface area contributed by atoms with Crippen LogP contribution in [-0.4, -0.2) is 52.5 Å². The van der Waals surface area contributed by atoms with Crippen molar-refractivity contribution >= 4 is 11.6 Å². The maximum Gasteiger partial charge on any atom is 0.128 e. The molecule has 1 aliphatic heterocycles. The van der Waals surface area contributed by atoms with Crippen molar-refractivity contribution in [2.45, 2.75) is 19.0 Å². The first-order valence-electron chi connectivity index (χ1n) is 8.97. The molecular weight excluding hydrogens is 366 g/mol. The van der Waals surface area contributed by atoms with Crippen molar-refractivity contribution in [3.8, 4) is 22.7 Å². The topological polar surface area (TPSA) is 66.1 Å². The SMILES string of the molecule is COc1ccc(Cl)cc1-c1nn(CCNC2CCOC2)cc1-n1cccn1. The van der Waals surface area contributed by atoms with Crippen molar-refractivity contribution in [3.05, 3.63) is 47.9 Å². The Balaban J connectivity index is 1.63. The number of ether oxygens (including phenoxy) is 2. The third-order valence-electron chi connectivity index (χ3n) is 4.61. The highest BCUT2D eigenvalue weighted by Gasteiger charge is 2.18. The molecule has 0 saturated carbocycles. The summed E-state index contributed by atoms with van der Waals surface area (Å²) in [5.74, 6) is 0.722. The van der Waals surface area contributed by atoms with Crippen LogP contribution in [0, 0.1) is 0 Å². The lowest BCUT2D eigenvalue weighted by Gasteiger charge is -2.10. The Morgan fingerprint density at radius 1 is 1.41 bits per heavy atom. The Morgan fingerprint density at radius 3 is 3.07 bits per heavy atom. The van der Waals surface area contributed by atoms with Crippen LogP contribution in [-0.2, 0) is 11.3 Å². The molecule has 0 bridgehead atoms. The zero-order valence-corrected chi connectivity index (χ0v) is 15.9. The quantitative estimate of drug-likeness (QED) is 0.675. The van der Waals surface area contributed by atoms with Crippen LogP contribution in [0.15, 0.2) is 42.9 Å². The van der Waals surface area contributed by atoms with E-state index in [0.29, 0.717) is 11.1 Å². The smallest absolute Gasteiger partial charge is 0.128 e. The fourth-order valence-electron chi connectivity index (χ4n) is 3.24. The summed E-state index contributed by atoms with van der Waals surface area (Å²) in [5, 5.41) is 13.3. The lowest BCUT2D eigenvalue weighted by atomic mass is 10.1. The molecule has 3 heterocycles. The average Bonchev–Trinajstić information content (AvgIpc) is 3.43. The Hall–Kier alpha value is -2.35. The molecule has 1 N–H and O–H groups in total. The van der Waals surface area contributed by atoms with E-state index >= 15 is 0 Å². The molecule has 0 amide bonds. The minimum absolute atomic E-state index is 0.429. The molecule has 1 atom stereocenters. The monoisotopic (exact) mass is 387 g/mol. The molecule has 8 heteroatoms. The summed E-state index contributed by atoms with van der Waals surface area (Å²) in [6.07, 6.45) is 6.70. The standard InChI is InChI=1S/C19H22ClN5O2/c1-26-18-4-3-14(20)11-16(18)19-17(25-8-2-6-22-25)12-24(23-19)9-7-21-15-5-10-27-13-15/h2-4,6,8,11-12,15,21H,5,7,9-10,13H2,1H3. The van der Waals surface area contributed by atoms with E-state index in [-0.39, 0.29) is 0 Å². The van der Waals surface area contributed by atoms with E-state index in [1.54, 1.807) is 18.0 Å². The lowest BCUT2D eigenvalue weighted by molar-refractivity contribution is 0.190. The lowest BCUT2D eigenvalue weighted by Crippen LogP contribution is -2.32. The van der Waals surface area contributed by atoms with Crippen molar-refractivity contribution in [1.29, 1.82) is 0 Å². The van der Waals surface area contributed by atoms with Gasteiger partial charge >= 0.3 is 0 Å². The van der Waals surface area contributed by atoms with Crippen molar-refractivity contribution in [2.75, 3.05) is 26.9 Å². The summed E-state index contributed by atoms with van der Waals surface area (Å²) in [4.78, 5) is 0. The largest absolute Gasteiger partial charge is 0.496 e. The third kappa shape index (κ3) is 4.00. The van der Waals surface area contributed by atoms with Gasteiger partial charge in [0, 0.05) is 42.2 Å². The van der Waals surface area contributed by atoms with Crippen LogP contribution < -0.4 is 10.1 Å². The summed E-state index contributed by atoms with van der Waals surface area (Å²) >= 11 is 6.23. The summed E-state index contributed by atoms with van der Waals surface area (Å²) in [6, 6.07) is 7.85. The predicted molar refractivity (Wildman–Crippen MR) is 104 cm³/mol. The van der Waals surface area contributed by atoms with Gasteiger partial charge in [-0.25, -0.2) is 4.68 Å². The van der Waals surface area contributed by atoms with Crippen LogP contribution in [0.2, 0.25) is 5.02 Å². The van der Waals surface area contributed by atoms with Gasteiger partial charge in [0.05, 0.1) is 26.5 Å². The minimum Gasteiger partial charge on any atom is -0.496 e. The van der Waals surface area contributed by atoms with Crippen LogP contribution in [0.25, 0.3) is 16.9 Å². The van der Waals surface area contributed by atoms with Gasteiger partial charge in [-0.1, -0.05) is 11.6 Å². The van der Waals surface area contributed by atoms with E-state index < -0.39 is 0 Å². The van der Waals surface area contributed by atoms with E-state index in [2.05, 4.69) is 10.4 Å². The number of hydrogen-bond donors (Lipinski definition) is 1. The van der Waals surface area contributed by atoms with Gasteiger partial charge in [-0.3, -0.25) is 4.68 Å². The van der Waals surface area contributed by atoms with E-state index in [1.165, 1.54) is 0 Å². The zero-order valence-electron chi connectivity index (χ0n) is 15.1. The Labute approximate surface area is 162 Å². The molecule has 4 rings (SSSR count). The molecule has 0 aliphatic carbocycles. The summed E-state index contributed by atoms with van der Waals surface area (Å²) in [5.41, 5.74) is 2.50. The number of methoxy groups -OCH3 is 1. The molecule has 142 valence electrons. The predicted octanol–water partition coefficient (Wildman–Crippen LogP) is 2.78. The van der Waals surface area contributed by atoms with Crippen molar-refractivity contribution in [1.82, 2.24) is 24.9 Å². The van der Waals surface area contributed by atoms with Crippen molar-refractivity contribution in [3.63, 3.8) is 0 Å².